The second kappa shape index (κ2) is 7.94. The van der Waals surface area contributed by atoms with Crippen molar-refractivity contribution < 1.29 is 95.6 Å². The van der Waals surface area contributed by atoms with Crippen LogP contribution < -0.4 is 10.6 Å². The summed E-state index contributed by atoms with van der Waals surface area (Å²) in [4.78, 5) is 0. The standard InChI is InChI=1S/C4H12N2.3F6P.Ir/c1-5-3-4-6-2;3*1-7(2,3,4,5)6;/h5-6H,3-4H2,1-2H3;;;;/q;3*-1;+3. The van der Waals surface area contributed by atoms with E-state index in [9.17, 15) is 75.5 Å². The molecule has 0 saturated heterocycles. The van der Waals surface area contributed by atoms with Gasteiger partial charge in [0, 0.05) is 13.1 Å². The fourth-order valence-electron chi connectivity index (χ4n) is 0.250. The van der Waals surface area contributed by atoms with Gasteiger partial charge in [0.2, 0.25) is 0 Å². The Morgan fingerprint density at radius 2 is 0.464 bits per heavy atom. The van der Waals surface area contributed by atoms with Gasteiger partial charge in [-0.3, -0.25) is 0 Å². The van der Waals surface area contributed by atoms with Crippen LogP contribution in [0.15, 0.2) is 0 Å². The molecule has 0 aromatic carbocycles. The summed E-state index contributed by atoms with van der Waals surface area (Å²) in [7, 11) is -28.1. The average Bonchev–Trinajstić information content (AvgIpc) is 1.97. The Kier molecular flexibility index (Phi) is 11.1. The summed E-state index contributed by atoms with van der Waals surface area (Å²) in [5.74, 6) is 0. The maximum absolute atomic E-state index is 10.7. The topological polar surface area (TPSA) is 24.1 Å². The Labute approximate surface area is 157 Å². The molecule has 28 heavy (non-hydrogen) atoms. The smallest absolute Gasteiger partial charge is 3.00 e. The van der Waals surface area contributed by atoms with Crippen molar-refractivity contribution in [1.29, 1.82) is 0 Å². The fraction of sp³-hybridized carbons (Fsp3) is 1.00. The summed E-state index contributed by atoms with van der Waals surface area (Å²) in [5, 5.41) is 6.01. The van der Waals surface area contributed by atoms with E-state index in [0.29, 0.717) is 0 Å². The van der Waals surface area contributed by atoms with Crippen molar-refractivity contribution in [3.63, 3.8) is 0 Å². The first kappa shape index (κ1) is 39.1. The van der Waals surface area contributed by atoms with Gasteiger partial charge in [-0.15, -0.1) is 0 Å². The van der Waals surface area contributed by atoms with E-state index >= 15 is 0 Å². The molecule has 0 bridgehead atoms. The predicted molar refractivity (Wildman–Crippen MR) is 68.6 cm³/mol. The van der Waals surface area contributed by atoms with Gasteiger partial charge >= 0.3 is 119 Å². The molecule has 24 heteroatoms. The van der Waals surface area contributed by atoms with Gasteiger partial charge in [0.1, 0.15) is 0 Å². The molecule has 0 aromatic heterocycles. The number of hydrogen-bond donors (Lipinski definition) is 2. The molecular weight excluding hydrogens is 703 g/mol. The van der Waals surface area contributed by atoms with Crippen LogP contribution in [0.1, 0.15) is 0 Å². The first-order valence-electron chi connectivity index (χ1n) is 5.25. The third-order valence-electron chi connectivity index (χ3n) is 0.625. The molecule has 0 amide bonds. The van der Waals surface area contributed by atoms with Crippen LogP contribution in [-0.2, 0) is 20.1 Å². The summed E-state index contributed by atoms with van der Waals surface area (Å²) in [6, 6.07) is 0. The molecule has 0 atom stereocenters. The SMILES string of the molecule is CNCCNC.F[P-](F)(F)(F)(F)F.F[P-](F)(F)(F)(F)F.F[P-](F)(F)(F)(F)F.[Ir+3]. The Morgan fingerprint density at radius 1 is 0.393 bits per heavy atom. The van der Waals surface area contributed by atoms with Gasteiger partial charge in [-0.2, -0.15) is 0 Å². The van der Waals surface area contributed by atoms with Crippen LogP contribution in [0.3, 0.4) is 0 Å². The quantitative estimate of drug-likeness (QED) is 0.173. The molecular formula is C4H12F18IrN2P3. The van der Waals surface area contributed by atoms with Crippen LogP contribution in [-0.4, -0.2) is 27.2 Å². The first-order chi connectivity index (χ1) is 10.3. The van der Waals surface area contributed by atoms with Crippen LogP contribution in [0.5, 0.6) is 0 Å². The van der Waals surface area contributed by atoms with Crippen molar-refractivity contribution in [3.8, 4) is 0 Å². The van der Waals surface area contributed by atoms with Gasteiger partial charge < -0.3 is 10.6 Å². The van der Waals surface area contributed by atoms with E-state index in [1.165, 1.54) is 0 Å². The Hall–Kier alpha value is 0.599. The summed E-state index contributed by atoms with van der Waals surface area (Å²) in [6.07, 6.45) is 0. The maximum atomic E-state index is 9.87. The second-order valence-electron chi connectivity index (χ2n) is 4.08. The Balaban J connectivity index is -0.0000000831. The number of likely N-dealkylation sites (N-methyl/N-ethyl adjacent to an activating group) is 2. The number of halogens is 18. The van der Waals surface area contributed by atoms with Crippen molar-refractivity contribution in [1.82, 2.24) is 10.6 Å². The minimum atomic E-state index is -10.7. The monoisotopic (exact) mass is 716 g/mol. The van der Waals surface area contributed by atoms with Gasteiger partial charge in [0.25, 0.3) is 0 Å². The normalized spacial score (nSPS) is 19.3. The Morgan fingerprint density at radius 3 is 0.500 bits per heavy atom. The molecule has 0 rings (SSSR count). The molecule has 0 heterocycles. The number of nitrogens with one attached hydrogen (secondary N) is 2. The van der Waals surface area contributed by atoms with E-state index in [2.05, 4.69) is 10.6 Å². The molecule has 0 spiro atoms. The van der Waals surface area contributed by atoms with Gasteiger partial charge in [-0.05, 0) is 14.1 Å². The molecule has 0 aliphatic heterocycles. The summed E-state index contributed by atoms with van der Waals surface area (Å²) in [6.45, 7) is 2.10. The van der Waals surface area contributed by atoms with Crippen LogP contribution in [0.4, 0.5) is 75.5 Å². The second-order valence-corrected chi connectivity index (χ2v) is 9.83. The van der Waals surface area contributed by atoms with E-state index in [1.54, 1.807) is 0 Å². The largest absolute Gasteiger partial charge is 3.00 e. The number of rotatable bonds is 3. The zero-order valence-electron chi connectivity index (χ0n) is 12.9. The van der Waals surface area contributed by atoms with Crippen molar-refractivity contribution >= 4 is 23.4 Å². The van der Waals surface area contributed by atoms with Crippen LogP contribution in [0, 0.1) is 0 Å². The maximum Gasteiger partial charge on any atom is 3.00 e. The fourth-order valence-corrected chi connectivity index (χ4v) is 0.250. The molecule has 0 aromatic rings. The van der Waals surface area contributed by atoms with Crippen molar-refractivity contribution in [2.75, 3.05) is 27.2 Å². The van der Waals surface area contributed by atoms with E-state index in [-0.39, 0.29) is 20.1 Å². The molecule has 0 aliphatic carbocycles. The van der Waals surface area contributed by atoms with Crippen LogP contribution in [0.2, 0.25) is 0 Å². The zero-order chi connectivity index (χ0) is 24.1. The molecule has 2 nitrogen and oxygen atoms in total. The van der Waals surface area contributed by atoms with E-state index < -0.39 is 23.4 Å². The van der Waals surface area contributed by atoms with E-state index in [0.717, 1.165) is 13.1 Å². The van der Waals surface area contributed by atoms with Crippen LogP contribution in [0.25, 0.3) is 0 Å². The Bertz CT molecular complexity index is 344. The van der Waals surface area contributed by atoms with Crippen molar-refractivity contribution in [2.45, 2.75) is 0 Å². The van der Waals surface area contributed by atoms with Crippen molar-refractivity contribution in [2.24, 2.45) is 0 Å². The molecule has 0 fully saturated rings. The summed E-state index contributed by atoms with van der Waals surface area (Å²) < 4.78 is 178. The molecule has 2 N–H and O–H groups in total. The third kappa shape index (κ3) is 1350. The van der Waals surface area contributed by atoms with Gasteiger partial charge in [-0.1, -0.05) is 0 Å². The molecule has 0 saturated carbocycles. The average molecular weight is 715 g/mol. The minimum Gasteiger partial charge on any atom is 3.00 e. The third-order valence-corrected chi connectivity index (χ3v) is 0.625. The predicted octanol–water partition coefficient (Wildman–Crippen LogP) is 9.57. The number of hydrogen-bond acceptors (Lipinski definition) is 2. The van der Waals surface area contributed by atoms with Gasteiger partial charge in [0.15, 0.2) is 0 Å². The van der Waals surface area contributed by atoms with E-state index in [4.69, 9.17) is 0 Å². The van der Waals surface area contributed by atoms with E-state index in [1.807, 2.05) is 14.1 Å². The summed E-state index contributed by atoms with van der Waals surface area (Å²) in [5.41, 5.74) is 0. The van der Waals surface area contributed by atoms with Crippen molar-refractivity contribution in [3.05, 3.63) is 0 Å². The summed E-state index contributed by atoms with van der Waals surface area (Å²) >= 11 is 0. The minimum absolute atomic E-state index is 0. The van der Waals surface area contributed by atoms with Gasteiger partial charge in [0.05, 0.1) is 0 Å². The zero-order valence-corrected chi connectivity index (χ0v) is 18.0. The molecule has 0 radical (unpaired) electrons. The molecule has 0 unspecified atom stereocenters. The first-order valence-corrected chi connectivity index (χ1v) is 11.3. The molecule has 188 valence electrons. The van der Waals surface area contributed by atoms with Gasteiger partial charge in [-0.25, -0.2) is 0 Å². The van der Waals surface area contributed by atoms with Crippen LogP contribution >= 0.6 is 23.4 Å². The molecule has 0 aliphatic rings.